The lowest BCUT2D eigenvalue weighted by Gasteiger charge is -2.05. The van der Waals surface area contributed by atoms with Gasteiger partial charge < -0.3 is 4.74 Å². The van der Waals surface area contributed by atoms with E-state index in [2.05, 4.69) is 26.6 Å². The third-order valence-electron chi connectivity index (χ3n) is 1.23. The van der Waals surface area contributed by atoms with Crippen LogP contribution >= 0.6 is 11.9 Å². The van der Waals surface area contributed by atoms with Crippen molar-refractivity contribution in [3.8, 4) is 11.8 Å². The molecule has 0 rings (SSSR count). The first-order valence-electron chi connectivity index (χ1n) is 4.47. The zero-order valence-corrected chi connectivity index (χ0v) is 9.66. The van der Waals surface area contributed by atoms with E-state index in [9.17, 15) is 4.79 Å². The number of nitrogens with one attached hydrogen (secondary N) is 3. The van der Waals surface area contributed by atoms with Crippen molar-refractivity contribution in [2.45, 2.75) is 19.8 Å². The molecule has 0 aliphatic rings. The highest BCUT2D eigenvalue weighted by Gasteiger charge is 2.02. The van der Waals surface area contributed by atoms with Crippen molar-refractivity contribution < 1.29 is 9.53 Å². The lowest BCUT2D eigenvalue weighted by Crippen LogP contribution is -2.36. The Hall–Kier alpha value is -1.35. The summed E-state index contributed by atoms with van der Waals surface area (Å²) in [6, 6.07) is -0.742. The fourth-order valence-electron chi connectivity index (χ4n) is 0.612. The minimum absolute atomic E-state index is 0.279. The van der Waals surface area contributed by atoms with Crippen LogP contribution < -0.4 is 10.0 Å². The van der Waals surface area contributed by atoms with Gasteiger partial charge in [0.25, 0.3) is 6.02 Å². The van der Waals surface area contributed by atoms with E-state index in [1.165, 1.54) is 19.1 Å². The number of hydrogen-bond acceptors (Lipinski definition) is 4. The number of amidine groups is 1. The number of carbonyl (C=O) groups excluding carboxylic acids is 1. The first-order valence-corrected chi connectivity index (χ1v) is 5.46. The SMILES string of the molecule is CCC#CCCSNC(=O)NC(=N)OC. The molecule has 0 aromatic carbocycles. The lowest BCUT2D eigenvalue weighted by molar-refractivity contribution is 0.247. The molecular formula is C9H15N3O2S. The van der Waals surface area contributed by atoms with Crippen LogP contribution in [0.25, 0.3) is 0 Å². The fraction of sp³-hybridized carbons (Fsp3) is 0.556. The highest BCUT2D eigenvalue weighted by molar-refractivity contribution is 7.97. The Balaban J connectivity index is 3.43. The predicted molar refractivity (Wildman–Crippen MR) is 61.5 cm³/mol. The van der Waals surface area contributed by atoms with Crippen LogP contribution in [0, 0.1) is 17.3 Å². The minimum atomic E-state index is -0.463. The predicted octanol–water partition coefficient (Wildman–Crippen LogP) is 1.32. The Morgan fingerprint density at radius 1 is 1.53 bits per heavy atom. The van der Waals surface area contributed by atoms with Crippen LogP contribution in [0.4, 0.5) is 4.79 Å². The van der Waals surface area contributed by atoms with E-state index in [4.69, 9.17) is 5.41 Å². The highest BCUT2D eigenvalue weighted by Crippen LogP contribution is 1.95. The maximum Gasteiger partial charge on any atom is 0.332 e. The molecule has 0 saturated heterocycles. The van der Waals surface area contributed by atoms with Gasteiger partial charge in [-0.1, -0.05) is 6.92 Å². The van der Waals surface area contributed by atoms with Crippen molar-refractivity contribution in [3.63, 3.8) is 0 Å². The van der Waals surface area contributed by atoms with E-state index < -0.39 is 6.03 Å². The van der Waals surface area contributed by atoms with Crippen molar-refractivity contribution >= 4 is 24.0 Å². The molecule has 0 saturated carbocycles. The van der Waals surface area contributed by atoms with E-state index in [0.29, 0.717) is 0 Å². The normalized spacial score (nSPS) is 8.40. The summed E-state index contributed by atoms with van der Waals surface area (Å²) in [6.07, 6.45) is 1.59. The number of methoxy groups -OCH3 is 1. The molecule has 84 valence electrons. The smallest absolute Gasteiger partial charge is 0.332 e. The summed E-state index contributed by atoms with van der Waals surface area (Å²) >= 11 is 1.25. The van der Waals surface area contributed by atoms with Gasteiger partial charge in [0.05, 0.1) is 7.11 Å². The van der Waals surface area contributed by atoms with Gasteiger partial charge in [-0.2, -0.15) is 0 Å². The van der Waals surface area contributed by atoms with Gasteiger partial charge in [0.15, 0.2) is 0 Å². The van der Waals surface area contributed by atoms with Crippen molar-refractivity contribution in [1.29, 1.82) is 5.41 Å². The number of rotatable bonds is 3. The third-order valence-corrected chi connectivity index (χ3v) is 1.96. The molecule has 0 unspecified atom stereocenters. The minimum Gasteiger partial charge on any atom is -0.468 e. The first-order chi connectivity index (χ1) is 7.20. The molecule has 0 aromatic heterocycles. The van der Waals surface area contributed by atoms with Gasteiger partial charge in [-0.05, 0) is 11.9 Å². The molecule has 0 spiro atoms. The molecule has 0 aliphatic carbocycles. The maximum absolute atomic E-state index is 11.0. The molecule has 0 aliphatic heterocycles. The van der Waals surface area contributed by atoms with Crippen molar-refractivity contribution in [3.05, 3.63) is 0 Å². The van der Waals surface area contributed by atoms with Crippen LogP contribution in [-0.4, -0.2) is 24.9 Å². The van der Waals surface area contributed by atoms with Crippen molar-refractivity contribution in [2.24, 2.45) is 0 Å². The van der Waals surface area contributed by atoms with E-state index in [0.717, 1.165) is 18.6 Å². The lowest BCUT2D eigenvalue weighted by atomic mass is 10.4. The van der Waals surface area contributed by atoms with Gasteiger partial charge in [-0.3, -0.25) is 15.4 Å². The monoisotopic (exact) mass is 229 g/mol. The van der Waals surface area contributed by atoms with E-state index in [1.54, 1.807) is 0 Å². The molecule has 0 fully saturated rings. The van der Waals surface area contributed by atoms with Gasteiger partial charge in [0.1, 0.15) is 0 Å². The standard InChI is InChI=1S/C9H15N3O2S/c1-3-4-5-6-7-15-12-9(13)11-8(10)14-2/h3,6-7H2,1-2H3,(H3,10,11,12,13). The van der Waals surface area contributed by atoms with E-state index in [-0.39, 0.29) is 6.02 Å². The summed E-state index contributed by atoms with van der Waals surface area (Å²) in [4.78, 5) is 11.0. The molecule has 0 radical (unpaired) electrons. The molecule has 6 heteroatoms. The number of carbonyl (C=O) groups is 1. The van der Waals surface area contributed by atoms with Crippen molar-refractivity contribution in [2.75, 3.05) is 12.9 Å². The van der Waals surface area contributed by atoms with Crippen LogP contribution in [-0.2, 0) is 4.74 Å². The second-order valence-electron chi connectivity index (χ2n) is 2.40. The molecule has 0 aromatic rings. The first kappa shape index (κ1) is 13.7. The summed E-state index contributed by atoms with van der Waals surface area (Å²) < 4.78 is 6.96. The Kier molecular flexibility index (Phi) is 8.39. The van der Waals surface area contributed by atoms with Crippen LogP contribution in [0.15, 0.2) is 0 Å². The fourth-order valence-corrected chi connectivity index (χ4v) is 1.10. The van der Waals surface area contributed by atoms with Gasteiger partial charge in [-0.15, -0.1) is 11.8 Å². The van der Waals surface area contributed by atoms with Crippen LogP contribution in [0.2, 0.25) is 0 Å². The summed E-state index contributed by atoms with van der Waals surface area (Å²) in [5.74, 6) is 6.61. The average molecular weight is 229 g/mol. The van der Waals surface area contributed by atoms with Gasteiger partial charge in [-0.25, -0.2) is 4.79 Å². The number of amides is 2. The number of urea groups is 1. The molecular weight excluding hydrogens is 214 g/mol. The quantitative estimate of drug-likeness (QED) is 0.225. The summed E-state index contributed by atoms with van der Waals surface area (Å²) in [5, 5.41) is 9.20. The van der Waals surface area contributed by atoms with E-state index >= 15 is 0 Å². The molecule has 15 heavy (non-hydrogen) atoms. The second kappa shape index (κ2) is 9.21. The largest absolute Gasteiger partial charge is 0.468 e. The average Bonchev–Trinajstić information content (AvgIpc) is 2.23. The Labute approximate surface area is 94.0 Å². The molecule has 3 N–H and O–H groups in total. The van der Waals surface area contributed by atoms with E-state index in [1.807, 2.05) is 6.92 Å². The van der Waals surface area contributed by atoms with Crippen LogP contribution in [0.1, 0.15) is 19.8 Å². The zero-order valence-electron chi connectivity index (χ0n) is 8.85. The highest BCUT2D eigenvalue weighted by atomic mass is 32.2. The van der Waals surface area contributed by atoms with Crippen LogP contribution in [0.5, 0.6) is 0 Å². The second-order valence-corrected chi connectivity index (χ2v) is 3.30. The number of ether oxygens (including phenoxy) is 1. The topological polar surface area (TPSA) is 74.2 Å². The molecule has 2 amide bonds. The van der Waals surface area contributed by atoms with Gasteiger partial charge in [0, 0.05) is 18.6 Å². The summed E-state index contributed by atoms with van der Waals surface area (Å²) in [6.45, 7) is 1.99. The molecule has 5 nitrogen and oxygen atoms in total. The van der Waals surface area contributed by atoms with Gasteiger partial charge >= 0.3 is 6.03 Å². The van der Waals surface area contributed by atoms with Crippen LogP contribution in [0.3, 0.4) is 0 Å². The Morgan fingerprint density at radius 2 is 2.27 bits per heavy atom. The summed E-state index contributed by atoms with van der Waals surface area (Å²) in [7, 11) is 1.32. The molecule has 0 bridgehead atoms. The molecule has 0 atom stereocenters. The molecule has 0 heterocycles. The van der Waals surface area contributed by atoms with Gasteiger partial charge in [0.2, 0.25) is 0 Å². The van der Waals surface area contributed by atoms with Crippen molar-refractivity contribution in [1.82, 2.24) is 10.0 Å². The Bertz CT molecular complexity index is 270. The maximum atomic E-state index is 11.0. The third kappa shape index (κ3) is 8.97. The summed E-state index contributed by atoms with van der Waals surface area (Å²) in [5.41, 5.74) is 0. The zero-order chi connectivity index (χ0) is 11.5. The Morgan fingerprint density at radius 3 is 2.87 bits per heavy atom. The number of hydrogen-bond donors (Lipinski definition) is 3.